The molecule has 1 N–H and O–H groups in total. The van der Waals surface area contributed by atoms with Gasteiger partial charge in [0.1, 0.15) is 5.54 Å². The van der Waals surface area contributed by atoms with E-state index in [1.54, 1.807) is 7.11 Å². The summed E-state index contributed by atoms with van der Waals surface area (Å²) in [4.78, 5) is 0. The molecule has 1 atom stereocenters. The summed E-state index contributed by atoms with van der Waals surface area (Å²) in [5.41, 5.74) is -0.362. The van der Waals surface area contributed by atoms with Crippen molar-refractivity contribution in [1.82, 2.24) is 5.32 Å². The topological polar surface area (TPSA) is 63.5 Å². The zero-order chi connectivity index (χ0) is 14.7. The molecule has 5 heteroatoms. The number of nitriles is 1. The van der Waals surface area contributed by atoms with Gasteiger partial charge in [-0.25, -0.2) is 0 Å². The molecule has 1 unspecified atom stereocenters. The third kappa shape index (κ3) is 7.20. The Hall–Kier alpha value is -0.670. The van der Waals surface area contributed by atoms with Gasteiger partial charge < -0.3 is 14.2 Å². The maximum Gasteiger partial charge on any atom is 0.106 e. The van der Waals surface area contributed by atoms with Crippen LogP contribution in [0, 0.1) is 11.3 Å². The third-order valence-corrected chi connectivity index (χ3v) is 3.57. The first-order chi connectivity index (χ1) is 9.76. The highest BCUT2D eigenvalue weighted by Crippen LogP contribution is 2.26. The quantitative estimate of drug-likeness (QED) is 0.523. The highest BCUT2D eigenvalue weighted by molar-refractivity contribution is 5.09. The molecule has 0 aliphatic heterocycles. The molecule has 0 aromatic carbocycles. The molecule has 20 heavy (non-hydrogen) atoms. The van der Waals surface area contributed by atoms with E-state index >= 15 is 0 Å². The number of nitrogens with one attached hydrogen (secondary N) is 1. The van der Waals surface area contributed by atoms with E-state index in [0.717, 1.165) is 19.3 Å². The van der Waals surface area contributed by atoms with Gasteiger partial charge in [0, 0.05) is 19.8 Å². The van der Waals surface area contributed by atoms with Crippen molar-refractivity contribution in [3.63, 3.8) is 0 Å². The fourth-order valence-electron chi connectivity index (χ4n) is 2.08. The minimum atomic E-state index is -0.362. The molecule has 0 aromatic rings. The van der Waals surface area contributed by atoms with Gasteiger partial charge in [0.25, 0.3) is 0 Å². The maximum absolute atomic E-state index is 9.39. The van der Waals surface area contributed by atoms with Crippen molar-refractivity contribution >= 4 is 0 Å². The molecule has 1 rings (SSSR count). The predicted octanol–water partition coefficient (Wildman–Crippen LogP) is 1.87. The molecule has 0 saturated heterocycles. The second-order valence-electron chi connectivity index (χ2n) is 5.29. The number of nitrogens with zero attached hydrogens (tertiary/aromatic N) is 1. The molecule has 0 aromatic heterocycles. The van der Waals surface area contributed by atoms with Gasteiger partial charge in [0.05, 0.1) is 32.5 Å². The second kappa shape index (κ2) is 10.1. The van der Waals surface area contributed by atoms with Crippen LogP contribution in [0.4, 0.5) is 0 Å². The van der Waals surface area contributed by atoms with Crippen LogP contribution in [0.1, 0.15) is 39.0 Å². The summed E-state index contributed by atoms with van der Waals surface area (Å²) in [6.07, 6.45) is 5.01. The van der Waals surface area contributed by atoms with Crippen LogP contribution < -0.4 is 5.32 Å². The molecular weight excluding hydrogens is 256 g/mol. The average molecular weight is 284 g/mol. The first-order valence-corrected chi connectivity index (χ1v) is 7.59. The first-order valence-electron chi connectivity index (χ1n) is 7.59. The predicted molar refractivity (Wildman–Crippen MR) is 77.5 cm³/mol. The lowest BCUT2D eigenvalue weighted by molar-refractivity contribution is 0.0232. The molecule has 0 bridgehead atoms. The molecule has 1 saturated carbocycles. The maximum atomic E-state index is 9.39. The summed E-state index contributed by atoms with van der Waals surface area (Å²) in [5.74, 6) is 0. The van der Waals surface area contributed by atoms with E-state index in [9.17, 15) is 5.26 Å². The van der Waals surface area contributed by atoms with Crippen LogP contribution in [0.15, 0.2) is 0 Å². The molecule has 0 spiro atoms. The Bertz CT molecular complexity index is 289. The van der Waals surface area contributed by atoms with Crippen molar-refractivity contribution in [3.8, 4) is 6.07 Å². The summed E-state index contributed by atoms with van der Waals surface area (Å²) in [6.45, 7) is 5.19. The Morgan fingerprint density at radius 3 is 2.35 bits per heavy atom. The number of hydrogen-bond acceptors (Lipinski definition) is 5. The normalized spacial score (nSPS) is 17.6. The Kier molecular flexibility index (Phi) is 8.79. The minimum absolute atomic E-state index is 0.362. The first kappa shape index (κ1) is 17.4. The van der Waals surface area contributed by atoms with E-state index < -0.39 is 0 Å². The smallest absolute Gasteiger partial charge is 0.106 e. The summed E-state index contributed by atoms with van der Waals surface area (Å²) >= 11 is 0. The lowest BCUT2D eigenvalue weighted by Gasteiger charge is -2.26. The van der Waals surface area contributed by atoms with Crippen molar-refractivity contribution < 1.29 is 14.2 Å². The van der Waals surface area contributed by atoms with Crippen LogP contribution in [0.3, 0.4) is 0 Å². The molecule has 0 amide bonds. The van der Waals surface area contributed by atoms with E-state index in [1.807, 2.05) is 0 Å². The number of ether oxygens (including phenoxy) is 3. The zero-order valence-electron chi connectivity index (χ0n) is 12.8. The van der Waals surface area contributed by atoms with Gasteiger partial charge in [0.2, 0.25) is 0 Å². The van der Waals surface area contributed by atoms with Crippen LogP contribution in [0.25, 0.3) is 0 Å². The van der Waals surface area contributed by atoms with Gasteiger partial charge in [-0.3, -0.25) is 5.32 Å². The van der Waals surface area contributed by atoms with Crippen LogP contribution in [0.2, 0.25) is 0 Å². The molecule has 5 nitrogen and oxygen atoms in total. The van der Waals surface area contributed by atoms with Crippen molar-refractivity contribution in [2.45, 2.75) is 50.6 Å². The van der Waals surface area contributed by atoms with Gasteiger partial charge >= 0.3 is 0 Å². The number of methoxy groups -OCH3 is 1. The summed E-state index contributed by atoms with van der Waals surface area (Å²) in [5, 5.41) is 12.9. The molecule has 0 radical (unpaired) electrons. The van der Waals surface area contributed by atoms with E-state index in [1.165, 1.54) is 12.8 Å². The van der Waals surface area contributed by atoms with Crippen LogP contribution in [0.5, 0.6) is 0 Å². The lowest BCUT2D eigenvalue weighted by Crippen LogP contribution is -2.44. The second-order valence-corrected chi connectivity index (χ2v) is 5.29. The highest BCUT2D eigenvalue weighted by Gasteiger charge is 2.34. The highest BCUT2D eigenvalue weighted by atomic mass is 16.5. The van der Waals surface area contributed by atoms with E-state index in [2.05, 4.69) is 18.3 Å². The number of rotatable bonds is 13. The van der Waals surface area contributed by atoms with E-state index in [4.69, 9.17) is 14.2 Å². The Morgan fingerprint density at radius 1 is 1.15 bits per heavy atom. The SMILES string of the molecule is CCC(C#N)(CCCOCCOCCOC)NC1CC1. The van der Waals surface area contributed by atoms with Gasteiger partial charge in [0.15, 0.2) is 0 Å². The fourth-order valence-corrected chi connectivity index (χ4v) is 2.08. The molecule has 0 heterocycles. The molecule has 1 fully saturated rings. The Balaban J connectivity index is 2.01. The summed E-state index contributed by atoms with van der Waals surface area (Å²) < 4.78 is 15.7. The third-order valence-electron chi connectivity index (χ3n) is 3.57. The van der Waals surface area contributed by atoms with Gasteiger partial charge in [-0.1, -0.05) is 6.92 Å². The average Bonchev–Trinajstić information content (AvgIpc) is 3.28. The van der Waals surface area contributed by atoms with Crippen molar-refractivity contribution in [2.75, 3.05) is 40.1 Å². The van der Waals surface area contributed by atoms with Gasteiger partial charge in [-0.2, -0.15) is 5.26 Å². The summed E-state index contributed by atoms with van der Waals surface area (Å²) in [7, 11) is 1.66. The van der Waals surface area contributed by atoms with Crippen molar-refractivity contribution in [1.29, 1.82) is 5.26 Å². The zero-order valence-corrected chi connectivity index (χ0v) is 12.8. The molecule has 116 valence electrons. The summed E-state index contributed by atoms with van der Waals surface area (Å²) in [6, 6.07) is 3.02. The van der Waals surface area contributed by atoms with Crippen LogP contribution in [-0.2, 0) is 14.2 Å². The number of hydrogen-bond donors (Lipinski definition) is 1. The van der Waals surface area contributed by atoms with E-state index in [-0.39, 0.29) is 5.54 Å². The van der Waals surface area contributed by atoms with Crippen LogP contribution in [-0.4, -0.2) is 51.7 Å². The largest absolute Gasteiger partial charge is 0.382 e. The Labute approximate surface area is 122 Å². The minimum Gasteiger partial charge on any atom is -0.382 e. The monoisotopic (exact) mass is 284 g/mol. The fraction of sp³-hybridized carbons (Fsp3) is 0.933. The van der Waals surface area contributed by atoms with Crippen molar-refractivity contribution in [3.05, 3.63) is 0 Å². The molecular formula is C15H28N2O3. The standard InChI is InChI=1S/C15H28N2O3/c1-3-15(13-16,17-14-5-6-14)7-4-8-19-11-12-20-10-9-18-2/h14,17H,3-12H2,1-2H3. The molecule has 1 aliphatic rings. The van der Waals surface area contributed by atoms with Crippen LogP contribution >= 0.6 is 0 Å². The van der Waals surface area contributed by atoms with Gasteiger partial charge in [-0.15, -0.1) is 0 Å². The van der Waals surface area contributed by atoms with Crippen molar-refractivity contribution in [2.24, 2.45) is 0 Å². The lowest BCUT2D eigenvalue weighted by atomic mass is 9.92. The van der Waals surface area contributed by atoms with Gasteiger partial charge in [-0.05, 0) is 32.1 Å². The van der Waals surface area contributed by atoms with E-state index in [0.29, 0.717) is 39.1 Å². The Morgan fingerprint density at radius 2 is 1.80 bits per heavy atom. The molecule has 1 aliphatic carbocycles.